The monoisotopic (exact) mass is 333 g/mol. The van der Waals surface area contributed by atoms with Crippen molar-refractivity contribution in [2.24, 2.45) is 0 Å². The summed E-state index contributed by atoms with van der Waals surface area (Å²) < 4.78 is 5.26. The van der Waals surface area contributed by atoms with E-state index in [4.69, 9.17) is 10.00 Å². The quantitative estimate of drug-likeness (QED) is 0.811. The molecule has 2 aliphatic rings. The number of hydrogen-bond donors (Lipinski definition) is 0. The Morgan fingerprint density at radius 1 is 1.16 bits per heavy atom. The van der Waals surface area contributed by atoms with Crippen molar-refractivity contribution < 1.29 is 9.53 Å². The Kier molecular flexibility index (Phi) is 3.61. The fourth-order valence-electron chi connectivity index (χ4n) is 3.68. The van der Waals surface area contributed by atoms with Crippen LogP contribution in [0.15, 0.2) is 48.5 Å². The molecule has 2 aliphatic heterocycles. The Morgan fingerprint density at radius 2 is 1.92 bits per heavy atom. The van der Waals surface area contributed by atoms with Crippen molar-refractivity contribution >= 4 is 5.91 Å². The highest BCUT2D eigenvalue weighted by molar-refractivity contribution is 5.96. The van der Waals surface area contributed by atoms with E-state index in [2.05, 4.69) is 6.19 Å². The van der Waals surface area contributed by atoms with Gasteiger partial charge in [-0.2, -0.15) is 5.26 Å². The van der Waals surface area contributed by atoms with E-state index in [9.17, 15) is 4.79 Å². The maximum absolute atomic E-state index is 12.8. The van der Waals surface area contributed by atoms with Crippen LogP contribution in [0.3, 0.4) is 0 Å². The molecule has 2 aromatic carbocycles. The molecule has 0 saturated carbocycles. The molecule has 4 rings (SSSR count). The van der Waals surface area contributed by atoms with Gasteiger partial charge in [-0.1, -0.05) is 24.3 Å². The molecule has 0 aromatic heterocycles. The maximum Gasteiger partial charge on any atom is 0.254 e. The van der Waals surface area contributed by atoms with Gasteiger partial charge < -0.3 is 14.5 Å². The molecule has 1 amide bonds. The van der Waals surface area contributed by atoms with Gasteiger partial charge in [0.15, 0.2) is 6.19 Å². The van der Waals surface area contributed by atoms with E-state index in [0.29, 0.717) is 18.7 Å². The summed E-state index contributed by atoms with van der Waals surface area (Å²) in [5, 5.41) is 8.92. The van der Waals surface area contributed by atoms with Crippen LogP contribution in [0, 0.1) is 11.5 Å². The van der Waals surface area contributed by atoms with Crippen LogP contribution in [0.25, 0.3) is 11.1 Å². The van der Waals surface area contributed by atoms with Gasteiger partial charge in [-0.3, -0.25) is 4.79 Å². The minimum Gasteiger partial charge on any atom is -0.497 e. The van der Waals surface area contributed by atoms with Gasteiger partial charge in [0.1, 0.15) is 5.75 Å². The lowest BCUT2D eigenvalue weighted by Gasteiger charge is -2.60. The lowest BCUT2D eigenvalue weighted by Crippen LogP contribution is -2.76. The van der Waals surface area contributed by atoms with Gasteiger partial charge in [0.25, 0.3) is 5.91 Å². The Hall–Kier alpha value is -3.00. The van der Waals surface area contributed by atoms with Crippen LogP contribution in [0.4, 0.5) is 0 Å². The zero-order chi connectivity index (χ0) is 17.4. The van der Waals surface area contributed by atoms with E-state index in [-0.39, 0.29) is 11.4 Å². The topological polar surface area (TPSA) is 56.6 Å². The van der Waals surface area contributed by atoms with E-state index in [1.54, 1.807) is 12.0 Å². The molecule has 1 spiro atoms. The number of nitrogens with zero attached hydrogens (tertiary/aromatic N) is 3. The number of likely N-dealkylation sites (tertiary alicyclic amines) is 2. The minimum absolute atomic E-state index is 0.0565. The van der Waals surface area contributed by atoms with Crippen LogP contribution in [-0.4, -0.2) is 48.0 Å². The number of ether oxygens (including phenoxy) is 1. The highest BCUT2D eigenvalue weighted by Gasteiger charge is 2.55. The average Bonchev–Trinajstić information content (AvgIpc) is 2.60. The summed E-state index contributed by atoms with van der Waals surface area (Å²) >= 11 is 0. The van der Waals surface area contributed by atoms with Crippen LogP contribution in [0.5, 0.6) is 5.75 Å². The number of carbonyl (C=O) groups is 1. The third kappa shape index (κ3) is 2.51. The predicted molar refractivity (Wildman–Crippen MR) is 94.0 cm³/mol. The summed E-state index contributed by atoms with van der Waals surface area (Å²) in [6.45, 7) is 2.10. The molecule has 25 heavy (non-hydrogen) atoms. The molecular formula is C20H19N3O2. The van der Waals surface area contributed by atoms with Gasteiger partial charge in [0.2, 0.25) is 0 Å². The van der Waals surface area contributed by atoms with Crippen molar-refractivity contribution in [2.75, 3.05) is 26.7 Å². The summed E-state index contributed by atoms with van der Waals surface area (Å²) in [7, 11) is 1.65. The largest absolute Gasteiger partial charge is 0.497 e. The summed E-state index contributed by atoms with van der Waals surface area (Å²) in [6, 6.07) is 15.6. The number of benzene rings is 2. The third-order valence-electron chi connectivity index (χ3n) is 5.27. The van der Waals surface area contributed by atoms with Crippen molar-refractivity contribution in [3.63, 3.8) is 0 Å². The van der Waals surface area contributed by atoms with Crippen molar-refractivity contribution in [1.29, 1.82) is 5.26 Å². The number of methoxy groups -OCH3 is 1. The first-order valence-corrected chi connectivity index (χ1v) is 8.36. The molecule has 5 nitrogen and oxygen atoms in total. The summed E-state index contributed by atoms with van der Waals surface area (Å²) in [5.41, 5.74) is 2.69. The molecule has 2 aromatic rings. The molecule has 126 valence electrons. The fraction of sp³-hybridized carbons (Fsp3) is 0.300. The average molecular weight is 333 g/mol. The molecule has 2 saturated heterocycles. The van der Waals surface area contributed by atoms with Crippen molar-refractivity contribution in [1.82, 2.24) is 9.80 Å². The van der Waals surface area contributed by atoms with Crippen LogP contribution in [0.2, 0.25) is 0 Å². The van der Waals surface area contributed by atoms with Crippen LogP contribution < -0.4 is 4.74 Å². The van der Waals surface area contributed by atoms with E-state index < -0.39 is 0 Å². The number of nitriles is 1. The molecule has 0 unspecified atom stereocenters. The Morgan fingerprint density at radius 3 is 2.52 bits per heavy atom. The highest BCUT2D eigenvalue weighted by atomic mass is 16.5. The second-order valence-electron chi connectivity index (χ2n) is 6.70. The Labute approximate surface area is 147 Å². The molecule has 0 N–H and O–H groups in total. The van der Waals surface area contributed by atoms with E-state index in [1.807, 2.05) is 53.4 Å². The number of hydrogen-bond acceptors (Lipinski definition) is 4. The Balaban J connectivity index is 1.51. The predicted octanol–water partition coefficient (Wildman–Crippen LogP) is 2.74. The van der Waals surface area contributed by atoms with Gasteiger partial charge in [-0.05, 0) is 41.8 Å². The minimum atomic E-state index is -0.113. The molecule has 2 heterocycles. The molecule has 0 aliphatic carbocycles. The molecule has 2 fully saturated rings. The first kappa shape index (κ1) is 15.5. The van der Waals surface area contributed by atoms with Crippen molar-refractivity contribution in [3.05, 3.63) is 54.1 Å². The van der Waals surface area contributed by atoms with Gasteiger partial charge in [0.05, 0.1) is 25.7 Å². The van der Waals surface area contributed by atoms with Crippen LogP contribution in [-0.2, 0) is 0 Å². The highest BCUT2D eigenvalue weighted by Crippen LogP contribution is 2.39. The van der Waals surface area contributed by atoms with Crippen molar-refractivity contribution in [3.8, 4) is 23.1 Å². The Bertz CT molecular complexity index is 848. The zero-order valence-electron chi connectivity index (χ0n) is 14.1. The van der Waals surface area contributed by atoms with E-state index in [1.165, 1.54) is 0 Å². The smallest absolute Gasteiger partial charge is 0.254 e. The first-order valence-electron chi connectivity index (χ1n) is 8.36. The van der Waals surface area contributed by atoms with Gasteiger partial charge in [-0.15, -0.1) is 0 Å². The van der Waals surface area contributed by atoms with Crippen LogP contribution in [0.1, 0.15) is 16.8 Å². The normalized spacial score (nSPS) is 17.4. The fourth-order valence-corrected chi connectivity index (χ4v) is 3.68. The molecule has 0 bridgehead atoms. The SMILES string of the molecule is COc1cccc(-c2ccc(C(=O)N3CCC34CN(C#N)C4)cc2)c1. The van der Waals surface area contributed by atoms with Gasteiger partial charge >= 0.3 is 0 Å². The third-order valence-corrected chi connectivity index (χ3v) is 5.27. The number of amides is 1. The second-order valence-corrected chi connectivity index (χ2v) is 6.70. The lowest BCUT2D eigenvalue weighted by molar-refractivity contribution is -0.0778. The van der Waals surface area contributed by atoms with Gasteiger partial charge in [0, 0.05) is 12.1 Å². The van der Waals surface area contributed by atoms with Crippen LogP contribution >= 0.6 is 0 Å². The first-order chi connectivity index (χ1) is 12.1. The van der Waals surface area contributed by atoms with Crippen molar-refractivity contribution in [2.45, 2.75) is 12.0 Å². The van der Waals surface area contributed by atoms with E-state index >= 15 is 0 Å². The molecule has 5 heteroatoms. The summed E-state index contributed by atoms with van der Waals surface area (Å²) in [5.74, 6) is 0.869. The maximum atomic E-state index is 12.8. The van der Waals surface area contributed by atoms with E-state index in [0.717, 1.165) is 29.8 Å². The second kappa shape index (κ2) is 5.82. The lowest BCUT2D eigenvalue weighted by atomic mass is 9.77. The molecular weight excluding hydrogens is 314 g/mol. The summed E-state index contributed by atoms with van der Waals surface area (Å²) in [4.78, 5) is 16.4. The zero-order valence-corrected chi connectivity index (χ0v) is 14.1. The summed E-state index contributed by atoms with van der Waals surface area (Å²) in [6.07, 6.45) is 3.13. The molecule has 0 atom stereocenters. The number of carbonyl (C=O) groups excluding carboxylic acids is 1. The standard InChI is InChI=1S/C20H19N3O2/c1-25-18-4-2-3-17(11-18)15-5-7-16(8-6-15)19(24)23-10-9-20(23)12-22(13-20)14-21/h2-8,11H,9-10,12-13H2,1H3. The number of rotatable bonds is 3. The molecule has 0 radical (unpaired) electrons. The van der Waals surface area contributed by atoms with Gasteiger partial charge in [-0.25, -0.2) is 0 Å².